The third-order valence-electron chi connectivity index (χ3n) is 4.30. The van der Waals surface area contributed by atoms with E-state index in [1.807, 2.05) is 30.3 Å². The molecule has 0 fully saturated rings. The predicted octanol–water partition coefficient (Wildman–Crippen LogP) is 3.12. The molecular weight excluding hydrogens is 359 g/mol. The van der Waals surface area contributed by atoms with Gasteiger partial charge in [0.2, 0.25) is 5.91 Å². The molecule has 0 aliphatic rings. The fourth-order valence-electron chi connectivity index (χ4n) is 2.84. The minimum Gasteiger partial charge on any atom is -0.459 e. The van der Waals surface area contributed by atoms with Crippen molar-refractivity contribution in [2.75, 3.05) is 6.54 Å². The van der Waals surface area contributed by atoms with E-state index in [0.717, 1.165) is 5.56 Å². The van der Waals surface area contributed by atoms with E-state index in [9.17, 15) is 14.0 Å². The first-order chi connectivity index (χ1) is 13.6. The summed E-state index contributed by atoms with van der Waals surface area (Å²) in [5, 5.41) is 5.49. The van der Waals surface area contributed by atoms with Crippen LogP contribution in [-0.4, -0.2) is 24.4 Å². The van der Waals surface area contributed by atoms with E-state index in [4.69, 9.17) is 4.42 Å². The van der Waals surface area contributed by atoms with Crippen molar-refractivity contribution in [2.24, 2.45) is 0 Å². The van der Waals surface area contributed by atoms with E-state index in [2.05, 4.69) is 10.6 Å². The van der Waals surface area contributed by atoms with Crippen molar-refractivity contribution in [2.45, 2.75) is 18.9 Å². The summed E-state index contributed by atoms with van der Waals surface area (Å²) in [5.74, 6) is -0.962. The van der Waals surface area contributed by atoms with E-state index in [-0.39, 0.29) is 24.0 Å². The topological polar surface area (TPSA) is 71.3 Å². The van der Waals surface area contributed by atoms with Crippen LogP contribution in [0.3, 0.4) is 0 Å². The second kappa shape index (κ2) is 9.50. The van der Waals surface area contributed by atoms with Crippen molar-refractivity contribution >= 4 is 11.8 Å². The lowest BCUT2D eigenvalue weighted by molar-refractivity contribution is -0.122. The molecule has 5 nitrogen and oxygen atoms in total. The van der Waals surface area contributed by atoms with Crippen LogP contribution in [0, 0.1) is 5.82 Å². The van der Waals surface area contributed by atoms with Gasteiger partial charge >= 0.3 is 0 Å². The number of nitrogens with one attached hydrogen (secondary N) is 2. The monoisotopic (exact) mass is 380 g/mol. The van der Waals surface area contributed by atoms with Gasteiger partial charge in [0.05, 0.1) is 6.26 Å². The standard InChI is InChI=1S/C22H21FN2O3/c23-18-10-5-4-9-17(18)12-13-24-21(26)19(15-16-7-2-1-3-8-16)25-22(27)20-11-6-14-28-20/h1-11,14,19H,12-13,15H2,(H,24,26)(H,25,27)/t19-/m0/s1. The fourth-order valence-corrected chi connectivity index (χ4v) is 2.84. The lowest BCUT2D eigenvalue weighted by Crippen LogP contribution is -2.48. The number of furan rings is 1. The Morgan fingerprint density at radius 1 is 0.964 bits per heavy atom. The van der Waals surface area contributed by atoms with Crippen LogP contribution in [-0.2, 0) is 17.6 Å². The molecule has 0 bridgehead atoms. The second-order valence-corrected chi connectivity index (χ2v) is 6.33. The lowest BCUT2D eigenvalue weighted by atomic mass is 10.0. The van der Waals surface area contributed by atoms with Crippen molar-refractivity contribution < 1.29 is 18.4 Å². The molecule has 6 heteroatoms. The van der Waals surface area contributed by atoms with Crippen LogP contribution in [0.2, 0.25) is 0 Å². The number of carbonyl (C=O) groups excluding carboxylic acids is 2. The van der Waals surface area contributed by atoms with E-state index in [1.54, 1.807) is 24.3 Å². The molecule has 1 heterocycles. The molecule has 3 rings (SSSR count). The Labute approximate surface area is 162 Å². The van der Waals surface area contributed by atoms with Crippen LogP contribution in [0.15, 0.2) is 77.4 Å². The van der Waals surface area contributed by atoms with Gasteiger partial charge in [0.25, 0.3) is 5.91 Å². The van der Waals surface area contributed by atoms with E-state index < -0.39 is 11.9 Å². The molecule has 2 amide bonds. The summed E-state index contributed by atoms with van der Waals surface area (Å²) in [7, 11) is 0. The van der Waals surface area contributed by atoms with Gasteiger partial charge in [0.1, 0.15) is 11.9 Å². The maximum atomic E-state index is 13.7. The molecule has 1 aromatic heterocycles. The molecule has 144 valence electrons. The maximum Gasteiger partial charge on any atom is 0.287 e. The zero-order valence-corrected chi connectivity index (χ0v) is 15.2. The minimum atomic E-state index is -0.777. The van der Waals surface area contributed by atoms with Crippen molar-refractivity contribution in [3.63, 3.8) is 0 Å². The Hall–Kier alpha value is -3.41. The minimum absolute atomic E-state index is 0.136. The molecule has 2 N–H and O–H groups in total. The van der Waals surface area contributed by atoms with E-state index >= 15 is 0 Å². The third-order valence-corrected chi connectivity index (χ3v) is 4.30. The van der Waals surface area contributed by atoms with E-state index in [0.29, 0.717) is 18.4 Å². The molecule has 3 aromatic rings. The summed E-state index contributed by atoms with van der Waals surface area (Å²) in [5.41, 5.74) is 1.44. The number of benzene rings is 2. The molecule has 2 aromatic carbocycles. The number of rotatable bonds is 8. The Bertz CT molecular complexity index is 911. The van der Waals surface area contributed by atoms with Crippen molar-refractivity contribution in [1.29, 1.82) is 0 Å². The Balaban J connectivity index is 1.63. The first-order valence-corrected chi connectivity index (χ1v) is 9.03. The Morgan fingerprint density at radius 3 is 2.43 bits per heavy atom. The van der Waals surface area contributed by atoms with Crippen LogP contribution >= 0.6 is 0 Å². The molecule has 0 aliphatic heterocycles. The van der Waals surface area contributed by atoms with Crippen molar-refractivity contribution in [3.05, 3.63) is 95.7 Å². The first-order valence-electron chi connectivity index (χ1n) is 9.03. The van der Waals surface area contributed by atoms with Gasteiger partial charge in [-0.3, -0.25) is 9.59 Å². The van der Waals surface area contributed by atoms with Gasteiger partial charge in [0.15, 0.2) is 5.76 Å². The van der Waals surface area contributed by atoms with Crippen LogP contribution < -0.4 is 10.6 Å². The highest BCUT2D eigenvalue weighted by atomic mass is 19.1. The molecule has 0 saturated heterocycles. The molecule has 0 aliphatic carbocycles. The zero-order valence-electron chi connectivity index (χ0n) is 15.2. The van der Waals surface area contributed by atoms with Gasteiger partial charge in [0, 0.05) is 13.0 Å². The van der Waals surface area contributed by atoms with Crippen LogP contribution in [0.4, 0.5) is 4.39 Å². The van der Waals surface area contributed by atoms with Gasteiger partial charge < -0.3 is 15.1 Å². The number of carbonyl (C=O) groups is 2. The van der Waals surface area contributed by atoms with Crippen molar-refractivity contribution in [3.8, 4) is 0 Å². The molecule has 0 unspecified atom stereocenters. The number of halogens is 1. The average Bonchev–Trinajstić information content (AvgIpc) is 3.24. The van der Waals surface area contributed by atoms with Crippen LogP contribution in [0.1, 0.15) is 21.7 Å². The number of amides is 2. The molecule has 28 heavy (non-hydrogen) atoms. The molecule has 0 spiro atoms. The third kappa shape index (κ3) is 5.30. The predicted molar refractivity (Wildman–Crippen MR) is 103 cm³/mol. The summed E-state index contributed by atoms with van der Waals surface area (Å²) in [6.07, 6.45) is 2.09. The summed E-state index contributed by atoms with van der Waals surface area (Å²) in [6, 6.07) is 18.2. The molecule has 1 atom stereocenters. The van der Waals surface area contributed by atoms with Crippen LogP contribution in [0.5, 0.6) is 0 Å². The summed E-state index contributed by atoms with van der Waals surface area (Å²) >= 11 is 0. The van der Waals surface area contributed by atoms with Gasteiger partial charge in [-0.25, -0.2) is 4.39 Å². The normalized spacial score (nSPS) is 11.6. The maximum absolute atomic E-state index is 13.7. The average molecular weight is 380 g/mol. The summed E-state index contributed by atoms with van der Waals surface area (Å²) in [4.78, 5) is 25.0. The highest BCUT2D eigenvalue weighted by Gasteiger charge is 2.22. The van der Waals surface area contributed by atoms with E-state index in [1.165, 1.54) is 18.4 Å². The molecule has 0 saturated carbocycles. The second-order valence-electron chi connectivity index (χ2n) is 6.33. The largest absolute Gasteiger partial charge is 0.459 e. The summed E-state index contributed by atoms with van der Waals surface area (Å²) < 4.78 is 18.8. The van der Waals surface area contributed by atoms with Crippen molar-refractivity contribution in [1.82, 2.24) is 10.6 Å². The highest BCUT2D eigenvalue weighted by Crippen LogP contribution is 2.08. The quantitative estimate of drug-likeness (QED) is 0.631. The highest BCUT2D eigenvalue weighted by molar-refractivity contribution is 5.95. The number of hydrogen-bond acceptors (Lipinski definition) is 3. The SMILES string of the molecule is O=C(N[C@@H](Cc1ccccc1)C(=O)NCCc1ccccc1F)c1ccco1. The Morgan fingerprint density at radius 2 is 1.71 bits per heavy atom. The van der Waals surface area contributed by atoms with Gasteiger partial charge in [-0.1, -0.05) is 48.5 Å². The number of hydrogen-bond donors (Lipinski definition) is 2. The smallest absolute Gasteiger partial charge is 0.287 e. The van der Waals surface area contributed by atoms with Gasteiger partial charge in [-0.15, -0.1) is 0 Å². The molecule has 0 radical (unpaired) electrons. The zero-order chi connectivity index (χ0) is 19.8. The van der Waals surface area contributed by atoms with Crippen LogP contribution in [0.25, 0.3) is 0 Å². The lowest BCUT2D eigenvalue weighted by Gasteiger charge is -2.18. The Kier molecular flexibility index (Phi) is 6.57. The van der Waals surface area contributed by atoms with Gasteiger partial charge in [-0.05, 0) is 35.7 Å². The van der Waals surface area contributed by atoms with Gasteiger partial charge in [-0.2, -0.15) is 0 Å². The first kappa shape index (κ1) is 19.4. The fraction of sp³-hybridized carbons (Fsp3) is 0.182. The molecular formula is C22H21FN2O3. The summed E-state index contributed by atoms with van der Waals surface area (Å²) in [6.45, 7) is 0.266.